The second kappa shape index (κ2) is 9.56. The molecule has 0 aliphatic rings. The van der Waals surface area contributed by atoms with Gasteiger partial charge in [0.25, 0.3) is 0 Å². The first-order chi connectivity index (χ1) is 16.3. The van der Waals surface area contributed by atoms with Crippen molar-refractivity contribution in [3.05, 3.63) is 84.6 Å². The Kier molecular flexibility index (Phi) is 6.01. The summed E-state index contributed by atoms with van der Waals surface area (Å²) in [5.41, 5.74) is 3.72. The van der Waals surface area contributed by atoms with Gasteiger partial charge in [0.05, 0.1) is 6.26 Å². The minimum absolute atomic E-state index is 0.578. The van der Waals surface area contributed by atoms with Crippen molar-refractivity contribution >= 4 is 22.9 Å². The Morgan fingerprint density at radius 3 is 2.36 bits per heavy atom. The molecule has 33 heavy (non-hydrogen) atoms. The number of anilines is 2. The first-order valence-corrected chi connectivity index (χ1v) is 11.2. The largest absolute Gasteiger partial charge is 0.461 e. The predicted octanol–water partition coefficient (Wildman–Crippen LogP) is 5.55. The van der Waals surface area contributed by atoms with Gasteiger partial charge in [0.15, 0.2) is 28.6 Å². The highest BCUT2D eigenvalue weighted by Gasteiger charge is 2.21. The van der Waals surface area contributed by atoms with Gasteiger partial charge in [-0.25, -0.2) is 4.98 Å². The molecule has 0 fully saturated rings. The van der Waals surface area contributed by atoms with Crippen LogP contribution in [0.25, 0.3) is 28.4 Å². The topological polar surface area (TPSA) is 80.8 Å². The Morgan fingerprint density at radius 1 is 0.848 bits per heavy atom. The molecule has 0 bridgehead atoms. The average Bonchev–Trinajstić information content (AvgIpc) is 3.51. The third kappa shape index (κ3) is 4.43. The van der Waals surface area contributed by atoms with E-state index in [1.165, 1.54) is 5.56 Å². The van der Waals surface area contributed by atoms with Crippen molar-refractivity contribution in [3.8, 4) is 17.3 Å². The first kappa shape index (κ1) is 20.8. The summed E-state index contributed by atoms with van der Waals surface area (Å²) in [4.78, 5) is 14.5. The van der Waals surface area contributed by atoms with Crippen molar-refractivity contribution in [3.63, 3.8) is 0 Å². The summed E-state index contributed by atoms with van der Waals surface area (Å²) in [6.45, 7) is 3.55. The third-order valence-corrected chi connectivity index (χ3v) is 5.38. The minimum atomic E-state index is 0.578. The monoisotopic (exact) mass is 438 g/mol. The molecule has 0 radical (unpaired) electrons. The smallest absolute Gasteiger partial charge is 0.226 e. The molecule has 0 aliphatic carbocycles. The van der Waals surface area contributed by atoms with E-state index < -0.39 is 0 Å². The molecule has 7 heteroatoms. The van der Waals surface area contributed by atoms with Crippen LogP contribution in [0.1, 0.15) is 18.9 Å². The molecule has 5 aromatic rings. The fourth-order valence-corrected chi connectivity index (χ4v) is 3.86. The summed E-state index contributed by atoms with van der Waals surface area (Å²) >= 11 is 0. The van der Waals surface area contributed by atoms with Crippen LogP contribution >= 0.6 is 0 Å². The van der Waals surface area contributed by atoms with Crippen LogP contribution in [-0.2, 0) is 6.42 Å². The van der Waals surface area contributed by atoms with Gasteiger partial charge in [-0.15, -0.1) is 0 Å². The van der Waals surface area contributed by atoms with E-state index in [0.29, 0.717) is 28.9 Å². The molecular weight excluding hydrogens is 412 g/mol. The molecular formula is C26H26N6O. The van der Waals surface area contributed by atoms with Gasteiger partial charge in [0.2, 0.25) is 5.95 Å². The van der Waals surface area contributed by atoms with Gasteiger partial charge in [0.1, 0.15) is 0 Å². The number of imidazole rings is 1. The fraction of sp³-hybridized carbons (Fsp3) is 0.192. The van der Waals surface area contributed by atoms with Crippen LogP contribution in [0.2, 0.25) is 0 Å². The first-order valence-electron chi connectivity index (χ1n) is 11.2. The standard InChI is InChI=1S/C26H26N6O/c1-2-27-23-22-25(31-26(30-23)28-17-9-13-19-11-5-3-6-12-19)32(20-14-7-4-8-15-20)24(29-22)21-16-10-18-33-21/h3-8,10-12,14-16,18H,2,9,13,17H2,1H3,(H2,27,28,30,31). The van der Waals surface area contributed by atoms with E-state index in [1.807, 2.05) is 60.0 Å². The lowest BCUT2D eigenvalue weighted by Crippen LogP contribution is -2.10. The molecule has 0 amide bonds. The van der Waals surface area contributed by atoms with Crippen molar-refractivity contribution in [2.45, 2.75) is 19.8 Å². The number of hydrogen-bond acceptors (Lipinski definition) is 6. The molecule has 5 rings (SSSR count). The molecule has 7 nitrogen and oxygen atoms in total. The fourth-order valence-electron chi connectivity index (χ4n) is 3.86. The number of nitrogens with zero attached hydrogens (tertiary/aromatic N) is 4. The lowest BCUT2D eigenvalue weighted by atomic mass is 10.1. The quantitative estimate of drug-likeness (QED) is 0.294. The van der Waals surface area contributed by atoms with Crippen LogP contribution in [0.3, 0.4) is 0 Å². The zero-order valence-electron chi connectivity index (χ0n) is 18.5. The van der Waals surface area contributed by atoms with Gasteiger partial charge < -0.3 is 15.1 Å². The third-order valence-electron chi connectivity index (χ3n) is 5.38. The highest BCUT2D eigenvalue weighted by molar-refractivity contribution is 5.88. The summed E-state index contributed by atoms with van der Waals surface area (Å²) < 4.78 is 7.71. The highest BCUT2D eigenvalue weighted by atomic mass is 16.3. The van der Waals surface area contributed by atoms with E-state index >= 15 is 0 Å². The number of para-hydroxylation sites is 1. The van der Waals surface area contributed by atoms with Crippen molar-refractivity contribution in [2.24, 2.45) is 0 Å². The van der Waals surface area contributed by atoms with Crippen molar-refractivity contribution in [1.82, 2.24) is 19.5 Å². The van der Waals surface area contributed by atoms with Crippen LogP contribution < -0.4 is 10.6 Å². The average molecular weight is 439 g/mol. The Hall–Kier alpha value is -4.13. The number of hydrogen-bond donors (Lipinski definition) is 2. The summed E-state index contributed by atoms with van der Waals surface area (Å²) in [5, 5.41) is 6.75. The van der Waals surface area contributed by atoms with Gasteiger partial charge >= 0.3 is 0 Å². The van der Waals surface area contributed by atoms with Crippen molar-refractivity contribution < 1.29 is 4.42 Å². The number of furan rings is 1. The molecule has 3 heterocycles. The number of benzene rings is 2. The lowest BCUT2D eigenvalue weighted by molar-refractivity contribution is 0.576. The van der Waals surface area contributed by atoms with Crippen molar-refractivity contribution in [2.75, 3.05) is 23.7 Å². The van der Waals surface area contributed by atoms with Crippen molar-refractivity contribution in [1.29, 1.82) is 0 Å². The van der Waals surface area contributed by atoms with E-state index in [1.54, 1.807) is 6.26 Å². The molecule has 0 spiro atoms. The molecule has 0 atom stereocenters. The van der Waals surface area contributed by atoms with E-state index in [0.717, 1.165) is 37.3 Å². The number of nitrogens with one attached hydrogen (secondary N) is 2. The van der Waals surface area contributed by atoms with Crippen LogP contribution in [0, 0.1) is 0 Å². The maximum Gasteiger partial charge on any atom is 0.226 e. The van der Waals surface area contributed by atoms with E-state index in [2.05, 4.69) is 34.9 Å². The summed E-state index contributed by atoms with van der Waals surface area (Å²) in [5.74, 6) is 2.65. The molecule has 3 aromatic heterocycles. The zero-order chi connectivity index (χ0) is 22.5. The lowest BCUT2D eigenvalue weighted by Gasteiger charge is -2.11. The second-order valence-electron chi connectivity index (χ2n) is 7.70. The molecule has 0 saturated carbocycles. The normalized spacial score (nSPS) is 11.1. The molecule has 0 unspecified atom stereocenters. The van der Waals surface area contributed by atoms with E-state index in [4.69, 9.17) is 19.4 Å². The minimum Gasteiger partial charge on any atom is -0.461 e. The van der Waals surface area contributed by atoms with E-state index in [-0.39, 0.29) is 0 Å². The number of fused-ring (bicyclic) bond motifs is 1. The van der Waals surface area contributed by atoms with Gasteiger partial charge in [0, 0.05) is 18.8 Å². The maximum absolute atomic E-state index is 5.70. The van der Waals surface area contributed by atoms with Crippen LogP contribution in [0.4, 0.5) is 11.8 Å². The maximum atomic E-state index is 5.70. The Bertz CT molecular complexity index is 1310. The number of aryl methyl sites for hydroxylation is 1. The molecule has 0 aliphatic heterocycles. The Balaban J connectivity index is 1.52. The van der Waals surface area contributed by atoms with Gasteiger partial charge in [-0.1, -0.05) is 48.5 Å². The molecule has 0 saturated heterocycles. The van der Waals surface area contributed by atoms with Gasteiger partial charge in [-0.3, -0.25) is 4.57 Å². The number of aromatic nitrogens is 4. The van der Waals surface area contributed by atoms with Crippen LogP contribution in [0.5, 0.6) is 0 Å². The number of rotatable bonds is 9. The van der Waals surface area contributed by atoms with Gasteiger partial charge in [-0.2, -0.15) is 9.97 Å². The second-order valence-corrected chi connectivity index (χ2v) is 7.70. The Labute approximate surface area is 192 Å². The SMILES string of the molecule is CCNc1nc(NCCCc2ccccc2)nc2c1nc(-c1ccco1)n2-c1ccccc1. The van der Waals surface area contributed by atoms with Crippen LogP contribution in [0.15, 0.2) is 83.5 Å². The summed E-state index contributed by atoms with van der Waals surface area (Å²) in [6, 6.07) is 24.3. The summed E-state index contributed by atoms with van der Waals surface area (Å²) in [6.07, 6.45) is 3.64. The van der Waals surface area contributed by atoms with Crippen LogP contribution in [-0.4, -0.2) is 32.6 Å². The van der Waals surface area contributed by atoms with Gasteiger partial charge in [-0.05, 0) is 49.6 Å². The predicted molar refractivity (Wildman–Crippen MR) is 132 cm³/mol. The summed E-state index contributed by atoms with van der Waals surface area (Å²) in [7, 11) is 0. The zero-order valence-corrected chi connectivity index (χ0v) is 18.5. The Morgan fingerprint density at radius 2 is 1.64 bits per heavy atom. The molecule has 2 N–H and O–H groups in total. The highest BCUT2D eigenvalue weighted by Crippen LogP contribution is 2.31. The molecule has 2 aromatic carbocycles. The molecule has 166 valence electrons. The van der Waals surface area contributed by atoms with E-state index in [9.17, 15) is 0 Å².